The molecule has 2 aromatic heterocycles. The van der Waals surface area contributed by atoms with Crippen molar-refractivity contribution in [3.05, 3.63) is 72.3 Å². The van der Waals surface area contributed by atoms with Crippen molar-refractivity contribution in [3.8, 4) is 11.4 Å². The highest BCUT2D eigenvalue weighted by atomic mass is 16.5. The van der Waals surface area contributed by atoms with Crippen molar-refractivity contribution < 1.29 is 9.53 Å². The number of hydrogen-bond donors (Lipinski definition) is 1. The van der Waals surface area contributed by atoms with Crippen LogP contribution >= 0.6 is 0 Å². The lowest BCUT2D eigenvalue weighted by Crippen LogP contribution is -2.41. The Balaban J connectivity index is 1.37. The van der Waals surface area contributed by atoms with Gasteiger partial charge < -0.3 is 14.6 Å². The number of aromatic nitrogens is 3. The van der Waals surface area contributed by atoms with Gasteiger partial charge in [0.2, 0.25) is 0 Å². The van der Waals surface area contributed by atoms with E-state index in [1.165, 1.54) is 0 Å². The number of nitrogens with zero attached hydrogens (tertiary/aromatic N) is 3. The lowest BCUT2D eigenvalue weighted by molar-refractivity contribution is -0.000452. The molecule has 1 aliphatic rings. The first kappa shape index (κ1) is 17.4. The molecule has 1 amide bonds. The topological polar surface area (TPSA) is 71.1 Å². The van der Waals surface area contributed by atoms with Gasteiger partial charge in [-0.3, -0.25) is 9.78 Å². The molecular weight excluding hydrogens is 340 g/mol. The van der Waals surface area contributed by atoms with E-state index in [1.807, 2.05) is 47.5 Å². The first-order valence-electron chi connectivity index (χ1n) is 9.20. The van der Waals surface area contributed by atoms with Crippen LogP contribution < -0.4 is 0 Å². The molecule has 0 spiro atoms. The first-order valence-corrected chi connectivity index (χ1v) is 9.20. The number of hydrogen-bond acceptors (Lipinski definition) is 4. The van der Waals surface area contributed by atoms with Crippen molar-refractivity contribution in [2.75, 3.05) is 13.1 Å². The predicted octanol–water partition coefficient (Wildman–Crippen LogP) is 3.29. The van der Waals surface area contributed by atoms with Crippen LogP contribution in [0.3, 0.4) is 0 Å². The molecule has 0 bridgehead atoms. The molecule has 27 heavy (non-hydrogen) atoms. The van der Waals surface area contributed by atoms with E-state index >= 15 is 0 Å². The summed E-state index contributed by atoms with van der Waals surface area (Å²) in [6, 6.07) is 11.5. The summed E-state index contributed by atoms with van der Waals surface area (Å²) in [6.07, 6.45) is 8.90. The lowest BCUT2D eigenvalue weighted by atomic mass is 10.0. The highest BCUT2D eigenvalue weighted by Gasteiger charge is 2.26. The molecular formula is C21H22N4O2. The van der Waals surface area contributed by atoms with Crippen LogP contribution in [0.2, 0.25) is 0 Å². The Morgan fingerprint density at radius 2 is 2.00 bits per heavy atom. The Kier molecular flexibility index (Phi) is 5.25. The van der Waals surface area contributed by atoms with Gasteiger partial charge in [-0.25, -0.2) is 4.98 Å². The van der Waals surface area contributed by atoms with Gasteiger partial charge in [-0.05, 0) is 30.5 Å². The van der Waals surface area contributed by atoms with Gasteiger partial charge in [0, 0.05) is 43.4 Å². The monoisotopic (exact) mass is 362 g/mol. The average molecular weight is 362 g/mol. The van der Waals surface area contributed by atoms with E-state index in [-0.39, 0.29) is 12.0 Å². The smallest absolute Gasteiger partial charge is 0.254 e. The summed E-state index contributed by atoms with van der Waals surface area (Å²) in [7, 11) is 0. The zero-order valence-corrected chi connectivity index (χ0v) is 15.0. The maximum Gasteiger partial charge on any atom is 0.254 e. The fourth-order valence-electron chi connectivity index (χ4n) is 3.38. The minimum Gasteiger partial charge on any atom is -0.373 e. The van der Waals surface area contributed by atoms with Crippen LogP contribution in [0.1, 0.15) is 28.8 Å². The molecule has 0 atom stereocenters. The number of carbonyl (C=O) groups is 1. The van der Waals surface area contributed by atoms with Crippen LogP contribution in [0.15, 0.2) is 61.2 Å². The van der Waals surface area contributed by atoms with Gasteiger partial charge in [-0.2, -0.15) is 0 Å². The summed E-state index contributed by atoms with van der Waals surface area (Å²) in [4.78, 5) is 26.4. The molecule has 1 fully saturated rings. The summed E-state index contributed by atoms with van der Waals surface area (Å²) in [5.41, 5.74) is 2.59. The maximum absolute atomic E-state index is 13.0. The number of benzene rings is 1. The molecule has 6 nitrogen and oxygen atoms in total. The lowest BCUT2D eigenvalue weighted by Gasteiger charge is -2.32. The molecule has 3 heterocycles. The van der Waals surface area contributed by atoms with Crippen LogP contribution in [-0.4, -0.2) is 45.0 Å². The molecule has 6 heteroatoms. The number of imidazole rings is 1. The summed E-state index contributed by atoms with van der Waals surface area (Å²) in [6.45, 7) is 1.96. The fourth-order valence-corrected chi connectivity index (χ4v) is 3.38. The molecule has 3 aromatic rings. The Bertz CT molecular complexity index is 872. The van der Waals surface area contributed by atoms with E-state index in [4.69, 9.17) is 4.74 Å². The minimum absolute atomic E-state index is 0.0488. The third-order valence-corrected chi connectivity index (χ3v) is 4.85. The third kappa shape index (κ3) is 4.06. The van der Waals surface area contributed by atoms with Gasteiger partial charge >= 0.3 is 0 Å². The number of carbonyl (C=O) groups excluding carboxylic acids is 1. The van der Waals surface area contributed by atoms with Crippen LogP contribution in [-0.2, 0) is 11.3 Å². The molecule has 0 aliphatic carbocycles. The Morgan fingerprint density at radius 3 is 2.74 bits per heavy atom. The van der Waals surface area contributed by atoms with Crippen molar-refractivity contribution in [1.29, 1.82) is 0 Å². The summed E-state index contributed by atoms with van der Waals surface area (Å²) in [5, 5.41) is 0. The van der Waals surface area contributed by atoms with E-state index < -0.39 is 0 Å². The molecule has 1 N–H and O–H groups in total. The Morgan fingerprint density at radius 1 is 1.15 bits per heavy atom. The van der Waals surface area contributed by atoms with E-state index in [1.54, 1.807) is 18.6 Å². The predicted molar refractivity (Wildman–Crippen MR) is 102 cm³/mol. The Labute approximate surface area is 158 Å². The average Bonchev–Trinajstić information content (AvgIpc) is 3.28. The van der Waals surface area contributed by atoms with Crippen molar-refractivity contribution in [2.24, 2.45) is 0 Å². The molecule has 0 saturated carbocycles. The number of likely N-dealkylation sites (tertiary alicyclic amines) is 1. The standard InChI is InChI=1S/C21H22N4O2/c26-21(19-6-2-1-5-18(19)20-23-10-11-24-20)25-12-7-17(8-13-25)27-15-16-4-3-9-22-14-16/h1-6,9-11,14,17H,7-8,12-13,15H2,(H,23,24). The number of H-pyrrole nitrogens is 1. The molecule has 1 aromatic carbocycles. The summed E-state index contributed by atoms with van der Waals surface area (Å²) in [5.74, 6) is 0.765. The number of pyridine rings is 1. The van der Waals surface area contributed by atoms with Crippen LogP contribution in [0.25, 0.3) is 11.4 Å². The van der Waals surface area contributed by atoms with Crippen molar-refractivity contribution in [3.63, 3.8) is 0 Å². The molecule has 138 valence electrons. The van der Waals surface area contributed by atoms with Crippen LogP contribution in [0.5, 0.6) is 0 Å². The van der Waals surface area contributed by atoms with Gasteiger partial charge in [0.25, 0.3) is 5.91 Å². The number of piperidine rings is 1. The third-order valence-electron chi connectivity index (χ3n) is 4.85. The molecule has 0 radical (unpaired) electrons. The minimum atomic E-state index is 0.0488. The largest absolute Gasteiger partial charge is 0.373 e. The number of amides is 1. The summed E-state index contributed by atoms with van der Waals surface area (Å²) >= 11 is 0. The second kappa shape index (κ2) is 8.14. The van der Waals surface area contributed by atoms with E-state index in [0.29, 0.717) is 31.1 Å². The molecule has 4 rings (SSSR count). The van der Waals surface area contributed by atoms with Crippen molar-refractivity contribution in [1.82, 2.24) is 19.9 Å². The molecule has 1 saturated heterocycles. The first-order chi connectivity index (χ1) is 13.3. The number of nitrogens with one attached hydrogen (secondary N) is 1. The van der Waals surface area contributed by atoms with E-state index in [9.17, 15) is 4.79 Å². The van der Waals surface area contributed by atoms with Crippen molar-refractivity contribution >= 4 is 5.91 Å². The maximum atomic E-state index is 13.0. The van der Waals surface area contributed by atoms with E-state index in [2.05, 4.69) is 15.0 Å². The fraction of sp³-hybridized carbons (Fsp3) is 0.286. The van der Waals surface area contributed by atoms with Crippen LogP contribution in [0, 0.1) is 0 Å². The summed E-state index contributed by atoms with van der Waals surface area (Å²) < 4.78 is 5.99. The zero-order chi connectivity index (χ0) is 18.5. The van der Waals surface area contributed by atoms with Gasteiger partial charge in [0.1, 0.15) is 5.82 Å². The van der Waals surface area contributed by atoms with E-state index in [0.717, 1.165) is 24.0 Å². The quantitative estimate of drug-likeness (QED) is 0.756. The normalized spacial score (nSPS) is 15.0. The van der Waals surface area contributed by atoms with Gasteiger partial charge in [0.05, 0.1) is 18.3 Å². The zero-order valence-electron chi connectivity index (χ0n) is 15.0. The number of rotatable bonds is 5. The Hall–Kier alpha value is -2.99. The van der Waals surface area contributed by atoms with Gasteiger partial charge in [0.15, 0.2) is 0 Å². The van der Waals surface area contributed by atoms with Gasteiger partial charge in [-0.15, -0.1) is 0 Å². The number of ether oxygens (including phenoxy) is 1. The van der Waals surface area contributed by atoms with Gasteiger partial charge in [-0.1, -0.05) is 24.3 Å². The second-order valence-electron chi connectivity index (χ2n) is 6.65. The molecule has 1 aliphatic heterocycles. The number of aromatic amines is 1. The SMILES string of the molecule is O=C(c1ccccc1-c1ncc[nH]1)N1CCC(OCc2cccnc2)CC1. The van der Waals surface area contributed by atoms with Crippen LogP contribution in [0.4, 0.5) is 0 Å². The highest BCUT2D eigenvalue weighted by molar-refractivity contribution is 6.00. The van der Waals surface area contributed by atoms with Crippen molar-refractivity contribution in [2.45, 2.75) is 25.6 Å². The second-order valence-corrected chi connectivity index (χ2v) is 6.65. The molecule has 0 unspecified atom stereocenters. The highest BCUT2D eigenvalue weighted by Crippen LogP contribution is 2.24.